The number of carbonyl (C=O) groups excluding carboxylic acids is 8. The maximum absolute atomic E-state index is 13.9. The Balaban J connectivity index is 3.31. The highest BCUT2D eigenvalue weighted by molar-refractivity contribution is 7.98. The van der Waals surface area contributed by atoms with Gasteiger partial charge in [-0.25, -0.2) is 4.79 Å². The Morgan fingerprint density at radius 2 is 1.21 bits per heavy atom. The Labute approximate surface area is 398 Å². The van der Waals surface area contributed by atoms with Crippen LogP contribution in [0.25, 0.3) is 0 Å². The molecule has 0 bridgehead atoms. The highest BCUT2D eigenvalue weighted by Crippen LogP contribution is 2.45. The number of benzene rings is 1. The molecular formula is C41H68N9O16PS+2. The van der Waals surface area contributed by atoms with E-state index >= 15 is 0 Å². The van der Waals surface area contributed by atoms with Crippen LogP contribution in [-0.4, -0.2) is 145 Å². The molecule has 1 rings (SSSR count). The van der Waals surface area contributed by atoms with E-state index in [9.17, 15) is 72.8 Å². The molecule has 68 heavy (non-hydrogen) atoms. The average molecular weight is 1010 g/mol. The minimum atomic E-state index is -4.65. The van der Waals surface area contributed by atoms with Crippen LogP contribution in [0.4, 0.5) is 0 Å². The number of quaternary nitrogens is 1. The van der Waals surface area contributed by atoms with E-state index in [0.717, 1.165) is 0 Å². The van der Waals surface area contributed by atoms with Crippen molar-refractivity contribution in [1.29, 1.82) is 0 Å². The first-order valence-corrected chi connectivity index (χ1v) is 24.5. The van der Waals surface area contributed by atoms with E-state index in [1.807, 2.05) is 0 Å². The molecule has 17 N–H and O–H groups in total. The van der Waals surface area contributed by atoms with Crippen molar-refractivity contribution >= 4 is 79.1 Å². The number of hydrogen-bond acceptors (Lipinski definition) is 15. The second-order valence-electron chi connectivity index (χ2n) is 17.0. The number of aliphatic carboxylic acids is 2. The summed E-state index contributed by atoms with van der Waals surface area (Å²) in [6.45, 7) is 9.35. The van der Waals surface area contributed by atoms with Crippen LogP contribution in [0.5, 0.6) is 5.75 Å². The van der Waals surface area contributed by atoms with E-state index in [-0.39, 0.29) is 36.8 Å². The van der Waals surface area contributed by atoms with Crippen LogP contribution in [0.2, 0.25) is 0 Å². The third-order valence-corrected chi connectivity index (χ3v) is 11.0. The summed E-state index contributed by atoms with van der Waals surface area (Å²) in [5, 5.41) is 35.9. The molecule has 7 atom stereocenters. The molecule has 0 saturated carbocycles. The lowest BCUT2D eigenvalue weighted by Crippen LogP contribution is -2.71. The molecule has 0 radical (unpaired) electrons. The van der Waals surface area contributed by atoms with Crippen LogP contribution in [0.1, 0.15) is 79.2 Å². The molecule has 0 spiro atoms. The second-order valence-corrected chi connectivity index (χ2v) is 19.2. The van der Waals surface area contributed by atoms with Gasteiger partial charge in [0.1, 0.15) is 36.3 Å². The monoisotopic (exact) mass is 1010 g/mol. The first kappa shape index (κ1) is 60.4. The van der Waals surface area contributed by atoms with Crippen molar-refractivity contribution in [2.24, 2.45) is 23.5 Å². The molecule has 382 valence electrons. The Bertz CT molecular complexity index is 1920. The summed E-state index contributed by atoms with van der Waals surface area (Å²) in [5.74, 6) is -10.9. The highest BCUT2D eigenvalue weighted by atomic mass is 32.2. The van der Waals surface area contributed by atoms with Gasteiger partial charge in [-0.3, -0.25) is 47.7 Å². The first-order valence-electron chi connectivity index (χ1n) is 21.5. The number of carboxylic acids is 2. The number of carboxylic acid groups (broad SMARTS) is 2. The van der Waals surface area contributed by atoms with Gasteiger partial charge in [0, 0.05) is 18.8 Å². The molecule has 1 aromatic rings. The zero-order valence-corrected chi connectivity index (χ0v) is 40.8. The topological polar surface area (TPSA) is 419 Å². The number of nitrogens with one attached hydrogen (secondary N) is 7. The lowest BCUT2D eigenvalue weighted by atomic mass is 10.0. The molecule has 27 heteroatoms. The number of amides is 8. The lowest BCUT2D eigenvalue weighted by molar-refractivity contribution is -0.414. The number of rotatable bonds is 31. The van der Waals surface area contributed by atoms with Gasteiger partial charge in [-0.2, -0.15) is 26.4 Å². The Morgan fingerprint density at radius 1 is 0.676 bits per heavy atom. The molecule has 8 amide bonds. The summed E-state index contributed by atoms with van der Waals surface area (Å²) in [4.78, 5) is 157. The van der Waals surface area contributed by atoms with Crippen LogP contribution in [0.15, 0.2) is 24.3 Å². The summed E-state index contributed by atoms with van der Waals surface area (Å²) in [7, 11) is -4.65. The van der Waals surface area contributed by atoms with Gasteiger partial charge in [-0.1, -0.05) is 53.7 Å². The van der Waals surface area contributed by atoms with Gasteiger partial charge >= 0.3 is 20.1 Å². The zero-order valence-electron chi connectivity index (χ0n) is 39.1. The molecule has 1 aromatic carbocycles. The Hall–Kier alpha value is -5.66. The summed E-state index contributed by atoms with van der Waals surface area (Å²) < 4.78 is 4.65. The van der Waals surface area contributed by atoms with Crippen molar-refractivity contribution in [3.8, 4) is 5.75 Å². The third kappa shape index (κ3) is 23.4. The van der Waals surface area contributed by atoms with Crippen molar-refractivity contribution in [3.63, 3.8) is 0 Å². The van der Waals surface area contributed by atoms with E-state index in [1.165, 1.54) is 49.9 Å². The van der Waals surface area contributed by atoms with Crippen molar-refractivity contribution in [2.45, 2.75) is 122 Å². The molecule has 0 aliphatic carbocycles. The molecule has 0 heterocycles. The molecule has 25 nitrogen and oxygen atoms in total. The fourth-order valence-corrected chi connectivity index (χ4v) is 7.00. The third-order valence-electron chi connectivity index (χ3n) is 9.94. The SMILES string of the molecule is CSCC[C@H](NC(=O)[C@H](CC(C)C)NC(=O)CNC(=O)[C@@H](NC(=O)[C@H](CC(N)=O)NC(=O)[C@H](CCC(=O)O)NC(=O)[C@H](Cc1ccc(O[P+](O)(O)O)cc1)NC(=O)[C@@H]([NH3+])C(C)C)C(C)C)C(=O)O. The fraction of sp³-hybridized carbons (Fsp3) is 0.610. The van der Waals surface area contributed by atoms with Gasteiger partial charge in [0.15, 0.2) is 11.8 Å². The standard InChI is InChI=1S/C41H66N9O16PS/c1-20(2)16-27(36(56)47-26(41(61)62)14-15-68-7)45-31(52)19-44-40(60)34(22(5)6)50-38(58)29(18-30(42)51)48-35(55)25(12-13-32(53)54)46-37(57)28(49-39(59)33(43)21(3)4)17-23-8-10-24(11-9-23)66-67(63,64)65/h8-11,20-22,25-29,33-34,63-65H,12-19,43H2,1-7H3,(H10-,42,44,45,46,47,48,49,50,51,52,53,54,55,56,57,58,59,60,61,62)/p+2/t25-,26-,27-,28-,29-,33-,34-/m0/s1. The van der Waals surface area contributed by atoms with Gasteiger partial charge in [0.05, 0.1) is 13.0 Å². The van der Waals surface area contributed by atoms with Gasteiger partial charge < -0.3 is 58.9 Å². The van der Waals surface area contributed by atoms with E-state index in [4.69, 9.17) is 5.73 Å². The summed E-state index contributed by atoms with van der Waals surface area (Å²) in [5.41, 5.74) is 9.58. The Morgan fingerprint density at radius 3 is 1.71 bits per heavy atom. The normalized spacial score (nSPS) is 14.5. The van der Waals surface area contributed by atoms with Crippen LogP contribution in [0.3, 0.4) is 0 Å². The van der Waals surface area contributed by atoms with E-state index in [1.54, 1.807) is 34.0 Å². The average Bonchev–Trinajstić information content (AvgIpc) is 3.22. The van der Waals surface area contributed by atoms with Gasteiger partial charge in [0.25, 0.3) is 5.91 Å². The quantitative estimate of drug-likeness (QED) is 0.0326. The first-order chi connectivity index (χ1) is 31.5. The van der Waals surface area contributed by atoms with Crippen LogP contribution in [0, 0.1) is 17.8 Å². The minimum absolute atomic E-state index is 0.117. The Kier molecular flexibility index (Phi) is 26.0. The predicted molar refractivity (Wildman–Crippen MR) is 246 cm³/mol. The van der Waals surface area contributed by atoms with Gasteiger partial charge in [0.2, 0.25) is 41.4 Å². The molecule has 0 saturated heterocycles. The molecule has 0 fully saturated rings. The maximum Gasteiger partial charge on any atom is 0.613 e. The molecule has 0 aromatic heterocycles. The summed E-state index contributed by atoms with van der Waals surface area (Å²) >= 11 is 1.39. The van der Waals surface area contributed by atoms with Crippen LogP contribution < -0.4 is 53.2 Å². The number of nitrogens with two attached hydrogens (primary N) is 1. The smallest absolute Gasteiger partial charge is 0.481 e. The fourth-order valence-electron chi connectivity index (χ4n) is 6.13. The zero-order chi connectivity index (χ0) is 52.1. The van der Waals surface area contributed by atoms with Crippen molar-refractivity contribution < 1.29 is 83.1 Å². The number of thioether (sulfide) groups is 1. The summed E-state index contributed by atoms with van der Waals surface area (Å²) in [6.07, 6.45) is -0.288. The van der Waals surface area contributed by atoms with Crippen LogP contribution >= 0.6 is 19.9 Å². The molecule has 0 aliphatic rings. The van der Waals surface area contributed by atoms with Crippen molar-refractivity contribution in [3.05, 3.63) is 29.8 Å². The highest BCUT2D eigenvalue weighted by Gasteiger charge is 2.36. The molecule has 0 unspecified atom stereocenters. The second kappa shape index (κ2) is 29.3. The largest absolute Gasteiger partial charge is 0.613 e. The van der Waals surface area contributed by atoms with E-state index < -0.39 is 141 Å². The van der Waals surface area contributed by atoms with E-state index in [0.29, 0.717) is 11.3 Å². The predicted octanol–water partition coefficient (Wildman–Crippen LogP) is -3.17. The number of carbonyl (C=O) groups is 10. The number of primary amides is 1. The van der Waals surface area contributed by atoms with Gasteiger partial charge in [-0.05, 0) is 60.8 Å². The van der Waals surface area contributed by atoms with E-state index in [2.05, 4.69) is 47.5 Å². The molecular weight excluding hydrogens is 938 g/mol. The van der Waals surface area contributed by atoms with Gasteiger partial charge in [-0.15, -0.1) is 0 Å². The maximum atomic E-state index is 13.9. The lowest BCUT2D eigenvalue weighted by Gasteiger charge is -2.27. The minimum Gasteiger partial charge on any atom is -0.481 e. The van der Waals surface area contributed by atoms with Crippen molar-refractivity contribution in [1.82, 2.24) is 37.2 Å². The van der Waals surface area contributed by atoms with Crippen LogP contribution in [-0.2, 0) is 54.4 Å². The van der Waals surface area contributed by atoms with Crippen molar-refractivity contribution in [2.75, 3.05) is 18.6 Å². The molecule has 0 aliphatic heterocycles. The summed E-state index contributed by atoms with van der Waals surface area (Å²) in [6, 6.07) is -4.33. The number of hydrogen-bond donors (Lipinski definition) is 14.